The van der Waals surface area contributed by atoms with Crippen molar-refractivity contribution in [2.24, 2.45) is 0 Å². The smallest absolute Gasteiger partial charge is 0.261 e. The maximum atomic E-state index is 12.7. The number of aromatic nitrogens is 3. The monoisotopic (exact) mass is 420 g/mol. The van der Waals surface area contributed by atoms with Gasteiger partial charge < -0.3 is 4.57 Å². The summed E-state index contributed by atoms with van der Waals surface area (Å²) in [5.41, 5.74) is 6.64. The number of carbonyl (C=O) groups is 2. The first kappa shape index (κ1) is 18.7. The third kappa shape index (κ3) is 2.66. The Hall–Kier alpha value is -4.06. The molecule has 0 saturated heterocycles. The maximum absolute atomic E-state index is 12.7. The normalized spacial score (nSPS) is 13.6. The summed E-state index contributed by atoms with van der Waals surface area (Å²) in [5, 5.41) is 1.07. The van der Waals surface area contributed by atoms with Gasteiger partial charge in [0.25, 0.3) is 11.8 Å². The van der Waals surface area contributed by atoms with Gasteiger partial charge in [-0.1, -0.05) is 42.5 Å². The minimum Gasteiger partial charge on any atom is -0.324 e. The van der Waals surface area contributed by atoms with Crippen molar-refractivity contribution < 1.29 is 9.59 Å². The minimum absolute atomic E-state index is 0.213. The molecule has 3 heterocycles. The number of nitrogens with zero attached hydrogens (tertiary/aromatic N) is 4. The molecule has 1 aliphatic rings. The summed E-state index contributed by atoms with van der Waals surface area (Å²) >= 11 is 0. The average molecular weight is 420 g/mol. The lowest BCUT2D eigenvalue weighted by Gasteiger charge is -2.15. The number of imide groups is 1. The fourth-order valence-corrected chi connectivity index (χ4v) is 4.72. The molecule has 0 aliphatic carbocycles. The molecular weight excluding hydrogens is 400 g/mol. The fraction of sp³-hybridized carbons (Fsp3) is 0.154. The lowest BCUT2D eigenvalue weighted by molar-refractivity contribution is 0.0651. The first-order valence-electron chi connectivity index (χ1n) is 10.7. The highest BCUT2D eigenvalue weighted by molar-refractivity contribution is 6.21. The van der Waals surface area contributed by atoms with Gasteiger partial charge in [0.2, 0.25) is 0 Å². The highest BCUT2D eigenvalue weighted by Crippen LogP contribution is 2.31. The van der Waals surface area contributed by atoms with Crippen LogP contribution in [0.2, 0.25) is 0 Å². The molecule has 3 aromatic carbocycles. The molecule has 0 N–H and O–H groups in total. The Morgan fingerprint density at radius 2 is 1.41 bits per heavy atom. The van der Waals surface area contributed by atoms with E-state index in [1.807, 2.05) is 30.3 Å². The molecule has 6 nitrogen and oxygen atoms in total. The van der Waals surface area contributed by atoms with Crippen molar-refractivity contribution >= 4 is 44.9 Å². The number of hydrogen-bond acceptors (Lipinski definition) is 4. The Balaban J connectivity index is 1.38. The van der Waals surface area contributed by atoms with Crippen molar-refractivity contribution in [3.05, 3.63) is 83.4 Å². The molecule has 6 rings (SSSR count). The van der Waals surface area contributed by atoms with Crippen molar-refractivity contribution in [2.45, 2.75) is 19.9 Å². The zero-order valence-corrected chi connectivity index (χ0v) is 17.6. The summed E-state index contributed by atoms with van der Waals surface area (Å²) in [6.45, 7) is 3.08. The van der Waals surface area contributed by atoms with Gasteiger partial charge in [0.15, 0.2) is 5.65 Å². The van der Waals surface area contributed by atoms with Gasteiger partial charge in [-0.3, -0.25) is 14.5 Å². The van der Waals surface area contributed by atoms with Crippen LogP contribution in [-0.2, 0) is 6.54 Å². The van der Waals surface area contributed by atoms with Crippen LogP contribution in [0.3, 0.4) is 0 Å². The third-order valence-electron chi connectivity index (χ3n) is 6.21. The Morgan fingerprint density at radius 1 is 0.750 bits per heavy atom. The van der Waals surface area contributed by atoms with E-state index in [-0.39, 0.29) is 11.8 Å². The van der Waals surface area contributed by atoms with Gasteiger partial charge in [0, 0.05) is 18.5 Å². The predicted octanol–water partition coefficient (Wildman–Crippen LogP) is 4.73. The van der Waals surface area contributed by atoms with Gasteiger partial charge in [-0.25, -0.2) is 9.97 Å². The molecule has 5 aromatic rings. The molecule has 0 fully saturated rings. The van der Waals surface area contributed by atoms with Gasteiger partial charge in [-0.15, -0.1) is 0 Å². The van der Waals surface area contributed by atoms with Crippen molar-refractivity contribution in [3.8, 4) is 0 Å². The highest BCUT2D eigenvalue weighted by atomic mass is 16.2. The van der Waals surface area contributed by atoms with Crippen LogP contribution in [-0.4, -0.2) is 37.8 Å². The average Bonchev–Trinajstić information content (AvgIpc) is 3.25. The summed E-state index contributed by atoms with van der Waals surface area (Å²) in [4.78, 5) is 36.6. The third-order valence-corrected chi connectivity index (χ3v) is 6.21. The van der Waals surface area contributed by atoms with E-state index < -0.39 is 0 Å². The highest BCUT2D eigenvalue weighted by Gasteiger charge is 2.34. The summed E-state index contributed by atoms with van der Waals surface area (Å²) in [5.74, 6) is -0.426. The van der Waals surface area contributed by atoms with E-state index in [0.29, 0.717) is 30.6 Å². The Labute approximate surface area is 184 Å². The predicted molar refractivity (Wildman–Crippen MR) is 124 cm³/mol. The Kier molecular flexibility index (Phi) is 4.08. The molecule has 6 heteroatoms. The van der Waals surface area contributed by atoms with Crippen molar-refractivity contribution in [3.63, 3.8) is 0 Å². The number of aryl methyl sites for hydroxylation is 2. The molecule has 0 unspecified atom stereocenters. The summed E-state index contributed by atoms with van der Waals surface area (Å²) in [6.07, 6.45) is 0.632. The van der Waals surface area contributed by atoms with Crippen LogP contribution in [0.1, 0.15) is 32.7 Å². The quantitative estimate of drug-likeness (QED) is 0.394. The van der Waals surface area contributed by atoms with E-state index in [9.17, 15) is 9.59 Å². The molecule has 0 spiro atoms. The largest absolute Gasteiger partial charge is 0.324 e. The second-order valence-corrected chi connectivity index (χ2v) is 8.17. The van der Waals surface area contributed by atoms with E-state index in [0.717, 1.165) is 38.7 Å². The van der Waals surface area contributed by atoms with E-state index in [2.05, 4.69) is 23.6 Å². The maximum Gasteiger partial charge on any atom is 0.261 e. The fourth-order valence-electron chi connectivity index (χ4n) is 4.72. The van der Waals surface area contributed by atoms with Gasteiger partial charge in [-0.05, 0) is 43.2 Å². The lowest BCUT2D eigenvalue weighted by atomic mass is 10.1. The number of fused-ring (bicyclic) bond motifs is 5. The second kappa shape index (κ2) is 6.99. The molecule has 0 bridgehead atoms. The SMILES string of the molecule is Cc1cccc2c3nc4ccccc4nc3n(CCCN3C(=O)c4ccccc4C3=O)c12. The Bertz CT molecular complexity index is 1530. The number of hydrogen-bond donors (Lipinski definition) is 0. The van der Waals surface area contributed by atoms with Crippen LogP contribution in [0, 0.1) is 6.92 Å². The van der Waals surface area contributed by atoms with Gasteiger partial charge in [0.05, 0.1) is 27.7 Å². The van der Waals surface area contributed by atoms with Crippen molar-refractivity contribution in [1.82, 2.24) is 19.4 Å². The first-order chi connectivity index (χ1) is 15.6. The van der Waals surface area contributed by atoms with E-state index in [1.165, 1.54) is 4.90 Å². The molecule has 32 heavy (non-hydrogen) atoms. The van der Waals surface area contributed by atoms with Crippen LogP contribution < -0.4 is 0 Å². The summed E-state index contributed by atoms with van der Waals surface area (Å²) in [7, 11) is 0. The van der Waals surface area contributed by atoms with E-state index >= 15 is 0 Å². The van der Waals surface area contributed by atoms with Gasteiger partial charge in [0.1, 0.15) is 5.52 Å². The molecule has 156 valence electrons. The van der Waals surface area contributed by atoms with Crippen LogP contribution in [0.15, 0.2) is 66.7 Å². The van der Waals surface area contributed by atoms with Crippen LogP contribution in [0.5, 0.6) is 0 Å². The molecule has 1 aliphatic heterocycles. The van der Waals surface area contributed by atoms with Crippen molar-refractivity contribution in [1.29, 1.82) is 0 Å². The topological polar surface area (TPSA) is 68.1 Å². The van der Waals surface area contributed by atoms with Crippen LogP contribution in [0.4, 0.5) is 0 Å². The van der Waals surface area contributed by atoms with Crippen molar-refractivity contribution in [2.75, 3.05) is 6.54 Å². The minimum atomic E-state index is -0.213. The number of benzene rings is 3. The number of para-hydroxylation sites is 3. The number of carbonyl (C=O) groups excluding carboxylic acids is 2. The van der Waals surface area contributed by atoms with E-state index in [1.54, 1.807) is 24.3 Å². The standard InChI is InChI=1S/C26H20N4O2/c1-16-8-6-11-19-22-24(28-21-13-5-4-12-20(21)27-22)29(23(16)19)14-7-15-30-25(31)17-9-2-3-10-18(17)26(30)32/h2-6,8-13H,7,14-15H2,1H3. The molecule has 0 atom stereocenters. The van der Waals surface area contributed by atoms with Gasteiger partial charge >= 0.3 is 0 Å². The molecule has 2 amide bonds. The van der Waals surface area contributed by atoms with Gasteiger partial charge in [-0.2, -0.15) is 0 Å². The summed E-state index contributed by atoms with van der Waals surface area (Å²) < 4.78 is 2.18. The zero-order chi connectivity index (χ0) is 21.8. The van der Waals surface area contributed by atoms with Crippen LogP contribution in [0.25, 0.3) is 33.1 Å². The molecule has 2 aromatic heterocycles. The first-order valence-corrected chi connectivity index (χ1v) is 10.7. The summed E-state index contributed by atoms with van der Waals surface area (Å²) in [6, 6.07) is 21.1. The Morgan fingerprint density at radius 3 is 2.12 bits per heavy atom. The number of amides is 2. The van der Waals surface area contributed by atoms with Crippen LogP contribution >= 0.6 is 0 Å². The number of rotatable bonds is 4. The molecular formula is C26H20N4O2. The molecule has 0 radical (unpaired) electrons. The second-order valence-electron chi connectivity index (χ2n) is 8.17. The van der Waals surface area contributed by atoms with E-state index in [4.69, 9.17) is 9.97 Å². The zero-order valence-electron chi connectivity index (χ0n) is 17.6. The lowest BCUT2D eigenvalue weighted by Crippen LogP contribution is -2.31. The molecule has 0 saturated carbocycles.